The van der Waals surface area contributed by atoms with Crippen LogP contribution in [0.15, 0.2) is 24.3 Å². The molecular formula is C16H19N3. The van der Waals surface area contributed by atoms with Crippen LogP contribution in [0.25, 0.3) is 0 Å². The largest absolute Gasteiger partial charge is 0.366 e. The topological polar surface area (TPSA) is 50.8 Å². The Morgan fingerprint density at radius 2 is 1.95 bits per heavy atom. The molecule has 2 rings (SSSR count). The molecular weight excluding hydrogens is 234 g/mol. The molecule has 0 aromatic heterocycles. The van der Waals surface area contributed by atoms with Crippen LogP contribution in [-0.4, -0.2) is 12.1 Å². The van der Waals surface area contributed by atoms with Gasteiger partial charge in [0.2, 0.25) is 0 Å². The van der Waals surface area contributed by atoms with Gasteiger partial charge in [0.1, 0.15) is 0 Å². The van der Waals surface area contributed by atoms with E-state index in [1.54, 1.807) is 0 Å². The van der Waals surface area contributed by atoms with Gasteiger partial charge in [-0.2, -0.15) is 10.5 Å². The first-order valence-electron chi connectivity index (χ1n) is 6.74. The molecule has 19 heavy (non-hydrogen) atoms. The lowest BCUT2D eigenvalue weighted by Gasteiger charge is -2.49. The highest BCUT2D eigenvalue weighted by atomic mass is 15.2. The van der Waals surface area contributed by atoms with Gasteiger partial charge in [-0.25, -0.2) is 0 Å². The van der Waals surface area contributed by atoms with Crippen LogP contribution in [0.1, 0.15) is 38.7 Å². The van der Waals surface area contributed by atoms with Crippen molar-refractivity contribution in [3.05, 3.63) is 29.8 Å². The zero-order valence-corrected chi connectivity index (χ0v) is 11.6. The summed E-state index contributed by atoms with van der Waals surface area (Å²) < 4.78 is 0. The fraction of sp³-hybridized carbons (Fsp3) is 0.500. The number of piperidine rings is 1. The average molecular weight is 253 g/mol. The van der Waals surface area contributed by atoms with Gasteiger partial charge in [-0.3, -0.25) is 0 Å². The third-order valence-corrected chi connectivity index (χ3v) is 4.27. The van der Waals surface area contributed by atoms with Crippen molar-refractivity contribution in [2.75, 3.05) is 11.4 Å². The van der Waals surface area contributed by atoms with Crippen molar-refractivity contribution in [1.29, 1.82) is 10.5 Å². The monoisotopic (exact) mass is 253 g/mol. The SMILES string of the molecule is CC1(C)C(CC#N)CCCN1c1ccc(C#N)cc1. The fourth-order valence-corrected chi connectivity index (χ4v) is 3.00. The molecule has 1 atom stereocenters. The van der Waals surface area contributed by atoms with Crippen molar-refractivity contribution in [2.24, 2.45) is 5.92 Å². The summed E-state index contributed by atoms with van der Waals surface area (Å²) >= 11 is 0. The smallest absolute Gasteiger partial charge is 0.0991 e. The van der Waals surface area contributed by atoms with E-state index < -0.39 is 0 Å². The van der Waals surface area contributed by atoms with Crippen molar-refractivity contribution in [2.45, 2.75) is 38.6 Å². The van der Waals surface area contributed by atoms with Gasteiger partial charge >= 0.3 is 0 Å². The predicted octanol–water partition coefficient (Wildman–Crippen LogP) is 3.47. The van der Waals surface area contributed by atoms with Crippen LogP contribution in [0.4, 0.5) is 5.69 Å². The van der Waals surface area contributed by atoms with Crippen LogP contribution in [0, 0.1) is 28.6 Å². The van der Waals surface area contributed by atoms with Gasteiger partial charge in [-0.1, -0.05) is 0 Å². The average Bonchev–Trinajstić information content (AvgIpc) is 2.41. The highest BCUT2D eigenvalue weighted by molar-refractivity contribution is 5.52. The Hall–Kier alpha value is -2.00. The number of benzene rings is 1. The molecule has 0 spiro atoms. The molecule has 1 aromatic rings. The maximum absolute atomic E-state index is 8.97. The Morgan fingerprint density at radius 1 is 1.26 bits per heavy atom. The molecule has 3 nitrogen and oxygen atoms in total. The second-order valence-electron chi connectivity index (χ2n) is 5.67. The van der Waals surface area contributed by atoms with Gasteiger partial charge in [-0.05, 0) is 56.9 Å². The molecule has 1 aliphatic rings. The summed E-state index contributed by atoms with van der Waals surface area (Å²) in [5.41, 5.74) is 1.82. The van der Waals surface area contributed by atoms with E-state index in [0.29, 0.717) is 17.9 Å². The maximum atomic E-state index is 8.97. The second kappa shape index (κ2) is 5.33. The maximum Gasteiger partial charge on any atom is 0.0991 e. The van der Waals surface area contributed by atoms with Crippen LogP contribution >= 0.6 is 0 Å². The highest BCUT2D eigenvalue weighted by Gasteiger charge is 2.38. The minimum atomic E-state index is -0.0118. The Bertz CT molecular complexity index is 516. The first kappa shape index (κ1) is 13.4. The minimum absolute atomic E-state index is 0.0118. The van der Waals surface area contributed by atoms with E-state index in [2.05, 4.69) is 30.9 Å². The van der Waals surface area contributed by atoms with E-state index in [-0.39, 0.29) is 5.54 Å². The molecule has 1 aromatic carbocycles. The van der Waals surface area contributed by atoms with Crippen LogP contribution in [0.3, 0.4) is 0 Å². The number of nitriles is 2. The number of hydrogen-bond donors (Lipinski definition) is 0. The van der Waals surface area contributed by atoms with E-state index >= 15 is 0 Å². The van der Waals surface area contributed by atoms with Crippen molar-refractivity contribution in [3.63, 3.8) is 0 Å². The summed E-state index contributed by atoms with van der Waals surface area (Å²) in [7, 11) is 0. The minimum Gasteiger partial charge on any atom is -0.366 e. The normalized spacial score (nSPS) is 21.5. The summed E-state index contributed by atoms with van der Waals surface area (Å²) in [6, 6.07) is 12.2. The van der Waals surface area contributed by atoms with E-state index in [1.165, 1.54) is 0 Å². The first-order chi connectivity index (χ1) is 9.09. The number of hydrogen-bond acceptors (Lipinski definition) is 3. The van der Waals surface area contributed by atoms with Gasteiger partial charge in [0.25, 0.3) is 0 Å². The van der Waals surface area contributed by atoms with Crippen molar-refractivity contribution in [1.82, 2.24) is 0 Å². The first-order valence-corrected chi connectivity index (χ1v) is 6.74. The Labute approximate surface area is 115 Å². The lowest BCUT2D eigenvalue weighted by molar-refractivity contribution is 0.242. The molecule has 1 heterocycles. The van der Waals surface area contributed by atoms with Gasteiger partial charge in [0.05, 0.1) is 17.7 Å². The van der Waals surface area contributed by atoms with E-state index in [9.17, 15) is 0 Å². The third kappa shape index (κ3) is 2.56. The summed E-state index contributed by atoms with van der Waals surface area (Å²) in [6.45, 7) is 5.44. The summed E-state index contributed by atoms with van der Waals surface area (Å²) in [5, 5.41) is 17.8. The molecule has 1 fully saturated rings. The van der Waals surface area contributed by atoms with Crippen LogP contribution in [0.5, 0.6) is 0 Å². The quantitative estimate of drug-likeness (QED) is 0.811. The van der Waals surface area contributed by atoms with E-state index in [1.807, 2.05) is 24.3 Å². The van der Waals surface area contributed by atoms with Gasteiger partial charge in [0, 0.05) is 24.2 Å². The molecule has 3 heteroatoms. The molecule has 0 radical (unpaired) electrons. The molecule has 0 saturated carbocycles. The van der Waals surface area contributed by atoms with Crippen LogP contribution < -0.4 is 4.90 Å². The Kier molecular flexibility index (Phi) is 3.76. The zero-order chi connectivity index (χ0) is 13.9. The summed E-state index contributed by atoms with van der Waals surface area (Å²) in [6.07, 6.45) is 2.85. The standard InChI is InChI=1S/C16H19N3/c1-16(2)14(9-10-17)4-3-11-19(16)15-7-5-13(12-18)6-8-15/h5-8,14H,3-4,9,11H2,1-2H3. The molecule has 1 aliphatic heterocycles. The molecule has 0 N–H and O–H groups in total. The number of nitrogens with zero attached hydrogens (tertiary/aromatic N) is 3. The van der Waals surface area contributed by atoms with Crippen molar-refractivity contribution in [3.8, 4) is 12.1 Å². The van der Waals surface area contributed by atoms with E-state index in [4.69, 9.17) is 10.5 Å². The Balaban J connectivity index is 2.27. The molecule has 0 aliphatic carbocycles. The van der Waals surface area contributed by atoms with Crippen LogP contribution in [-0.2, 0) is 0 Å². The molecule has 1 unspecified atom stereocenters. The number of rotatable bonds is 2. The van der Waals surface area contributed by atoms with E-state index in [0.717, 1.165) is 25.1 Å². The fourth-order valence-electron chi connectivity index (χ4n) is 3.00. The zero-order valence-electron chi connectivity index (χ0n) is 11.6. The lowest BCUT2D eigenvalue weighted by atomic mass is 9.77. The third-order valence-electron chi connectivity index (χ3n) is 4.27. The molecule has 98 valence electrons. The van der Waals surface area contributed by atoms with Gasteiger partial charge in [0.15, 0.2) is 0 Å². The predicted molar refractivity (Wildman–Crippen MR) is 75.5 cm³/mol. The molecule has 0 bridgehead atoms. The van der Waals surface area contributed by atoms with Crippen molar-refractivity contribution < 1.29 is 0 Å². The Morgan fingerprint density at radius 3 is 2.53 bits per heavy atom. The molecule has 0 amide bonds. The molecule has 1 saturated heterocycles. The highest BCUT2D eigenvalue weighted by Crippen LogP contribution is 2.38. The van der Waals surface area contributed by atoms with Gasteiger partial charge < -0.3 is 4.90 Å². The summed E-state index contributed by atoms with van der Waals surface area (Å²) in [5.74, 6) is 0.405. The number of anilines is 1. The van der Waals surface area contributed by atoms with Gasteiger partial charge in [-0.15, -0.1) is 0 Å². The lowest BCUT2D eigenvalue weighted by Crippen LogP contribution is -2.53. The second-order valence-corrected chi connectivity index (χ2v) is 5.67. The van der Waals surface area contributed by atoms with Crippen molar-refractivity contribution >= 4 is 5.69 Å². The van der Waals surface area contributed by atoms with Crippen LogP contribution in [0.2, 0.25) is 0 Å². The summed E-state index contributed by atoms with van der Waals surface area (Å²) in [4.78, 5) is 2.37.